The normalized spacial score (nSPS) is 19.0. The highest BCUT2D eigenvalue weighted by molar-refractivity contribution is 8.00. The van der Waals surface area contributed by atoms with Gasteiger partial charge in [-0.25, -0.2) is 9.97 Å². The molecule has 0 saturated carbocycles. The van der Waals surface area contributed by atoms with Crippen molar-refractivity contribution < 1.29 is 9.53 Å². The van der Waals surface area contributed by atoms with E-state index in [2.05, 4.69) is 9.97 Å². The van der Waals surface area contributed by atoms with Crippen LogP contribution < -0.4 is 0 Å². The summed E-state index contributed by atoms with van der Waals surface area (Å²) >= 11 is 3.11. The summed E-state index contributed by atoms with van der Waals surface area (Å²) < 4.78 is 4.74. The van der Waals surface area contributed by atoms with E-state index in [0.717, 1.165) is 22.2 Å². The van der Waals surface area contributed by atoms with Gasteiger partial charge >= 0.3 is 5.97 Å². The van der Waals surface area contributed by atoms with Gasteiger partial charge in [-0.3, -0.25) is 4.79 Å². The lowest BCUT2D eigenvalue weighted by molar-refractivity contribution is -0.139. The van der Waals surface area contributed by atoms with Gasteiger partial charge in [-0.1, -0.05) is 11.8 Å². The number of methoxy groups -OCH3 is 1. The highest BCUT2D eigenvalue weighted by atomic mass is 32.2. The lowest BCUT2D eigenvalue weighted by Gasteiger charge is -2.21. The number of esters is 1. The van der Waals surface area contributed by atoms with E-state index in [1.54, 1.807) is 11.8 Å². The van der Waals surface area contributed by atoms with E-state index < -0.39 is 0 Å². The Morgan fingerprint density at radius 3 is 3.19 bits per heavy atom. The molecule has 4 nitrogen and oxygen atoms in total. The summed E-state index contributed by atoms with van der Waals surface area (Å²) in [6.45, 7) is 0. The average molecular weight is 256 g/mol. The van der Waals surface area contributed by atoms with Crippen molar-refractivity contribution in [2.75, 3.05) is 13.4 Å². The van der Waals surface area contributed by atoms with Gasteiger partial charge in [0.15, 0.2) is 5.16 Å². The third-order valence-corrected chi connectivity index (χ3v) is 4.17. The van der Waals surface area contributed by atoms with Gasteiger partial charge in [-0.15, -0.1) is 11.8 Å². The summed E-state index contributed by atoms with van der Waals surface area (Å²) in [5, 5.41) is 0.678. The molecule has 0 bridgehead atoms. The summed E-state index contributed by atoms with van der Waals surface area (Å²) in [5.41, 5.74) is 2.11. The Bertz CT molecular complexity index is 412. The molecule has 0 saturated heterocycles. The first-order chi connectivity index (χ1) is 7.74. The predicted molar refractivity (Wildman–Crippen MR) is 64.6 cm³/mol. The Labute approximate surface area is 103 Å². The molecule has 0 radical (unpaired) electrons. The van der Waals surface area contributed by atoms with Crippen LogP contribution in [0.25, 0.3) is 0 Å². The first kappa shape index (κ1) is 11.7. The molecule has 86 valence electrons. The van der Waals surface area contributed by atoms with E-state index >= 15 is 0 Å². The fourth-order valence-corrected chi connectivity index (χ4v) is 3.04. The number of rotatable bonds is 2. The molecule has 0 aliphatic carbocycles. The van der Waals surface area contributed by atoms with Crippen LogP contribution in [0.2, 0.25) is 0 Å². The van der Waals surface area contributed by atoms with Gasteiger partial charge in [0.2, 0.25) is 0 Å². The Hall–Kier alpha value is -0.750. The van der Waals surface area contributed by atoms with Crippen molar-refractivity contribution in [1.29, 1.82) is 0 Å². The first-order valence-corrected chi connectivity index (χ1v) is 7.10. The zero-order valence-electron chi connectivity index (χ0n) is 9.10. The van der Waals surface area contributed by atoms with Crippen LogP contribution in [0, 0.1) is 0 Å². The van der Waals surface area contributed by atoms with Gasteiger partial charge in [0.05, 0.1) is 12.8 Å². The zero-order valence-corrected chi connectivity index (χ0v) is 10.7. The molecule has 6 heteroatoms. The van der Waals surface area contributed by atoms with Crippen molar-refractivity contribution in [3.8, 4) is 0 Å². The second-order valence-corrected chi connectivity index (χ2v) is 5.32. The van der Waals surface area contributed by atoms with Crippen molar-refractivity contribution in [1.82, 2.24) is 9.97 Å². The quantitative estimate of drug-likeness (QED) is 0.454. The molecule has 1 aromatic heterocycles. The maximum atomic E-state index is 11.4. The summed E-state index contributed by atoms with van der Waals surface area (Å²) in [6.07, 6.45) is 4.44. The van der Waals surface area contributed by atoms with E-state index in [1.165, 1.54) is 18.9 Å². The van der Waals surface area contributed by atoms with Gasteiger partial charge < -0.3 is 4.74 Å². The van der Waals surface area contributed by atoms with Crippen molar-refractivity contribution in [2.45, 2.75) is 22.6 Å². The van der Waals surface area contributed by atoms with Crippen LogP contribution in [0.1, 0.15) is 11.3 Å². The molecule has 0 N–H and O–H groups in total. The van der Waals surface area contributed by atoms with Crippen LogP contribution in [-0.4, -0.2) is 34.6 Å². The number of aromatic nitrogens is 2. The minimum absolute atomic E-state index is 0.110. The smallest absolute Gasteiger partial charge is 0.319 e. The third kappa shape index (κ3) is 2.32. The Morgan fingerprint density at radius 2 is 2.50 bits per heavy atom. The molecule has 0 spiro atoms. The van der Waals surface area contributed by atoms with E-state index in [-0.39, 0.29) is 11.2 Å². The standard InChI is InChI=1S/C10H12N2O2S2/c1-14-9(13)8-3-6-4-11-10(15-2)12-7(6)5-16-8/h4,8H,3,5H2,1-2H3/t8-/m1/s1. The van der Waals surface area contributed by atoms with Crippen molar-refractivity contribution in [3.63, 3.8) is 0 Å². The van der Waals surface area contributed by atoms with E-state index in [1.807, 2.05) is 12.5 Å². The molecule has 0 aromatic carbocycles. The number of fused-ring (bicyclic) bond motifs is 1. The topological polar surface area (TPSA) is 52.1 Å². The summed E-state index contributed by atoms with van der Waals surface area (Å²) in [6, 6.07) is 0. The van der Waals surface area contributed by atoms with Crippen LogP contribution in [0.5, 0.6) is 0 Å². The molecular formula is C10H12N2O2S2. The van der Waals surface area contributed by atoms with Crippen LogP contribution in [0.15, 0.2) is 11.4 Å². The Morgan fingerprint density at radius 1 is 1.69 bits per heavy atom. The fourth-order valence-electron chi connectivity index (χ4n) is 1.54. The average Bonchev–Trinajstić information content (AvgIpc) is 2.36. The first-order valence-electron chi connectivity index (χ1n) is 4.82. The highest BCUT2D eigenvalue weighted by Gasteiger charge is 2.27. The molecule has 0 unspecified atom stereocenters. The van der Waals surface area contributed by atoms with Crippen LogP contribution in [-0.2, 0) is 21.7 Å². The SMILES string of the molecule is COC(=O)[C@H]1Cc2cnc(SC)nc2CS1. The largest absolute Gasteiger partial charge is 0.468 e. The molecule has 16 heavy (non-hydrogen) atoms. The molecule has 1 atom stereocenters. The maximum absolute atomic E-state index is 11.4. The number of hydrogen-bond donors (Lipinski definition) is 0. The Kier molecular flexibility index (Phi) is 3.70. The van der Waals surface area contributed by atoms with E-state index in [4.69, 9.17) is 4.74 Å². The zero-order chi connectivity index (χ0) is 11.5. The maximum Gasteiger partial charge on any atom is 0.319 e. The number of thioether (sulfide) groups is 2. The fraction of sp³-hybridized carbons (Fsp3) is 0.500. The summed E-state index contributed by atoms with van der Waals surface area (Å²) in [7, 11) is 1.42. The lowest BCUT2D eigenvalue weighted by Crippen LogP contribution is -2.25. The van der Waals surface area contributed by atoms with Crippen LogP contribution in [0.3, 0.4) is 0 Å². The Balaban J connectivity index is 2.18. The number of nitrogens with zero attached hydrogens (tertiary/aromatic N) is 2. The molecule has 1 aliphatic rings. The van der Waals surface area contributed by atoms with E-state index in [9.17, 15) is 4.79 Å². The van der Waals surface area contributed by atoms with Gasteiger partial charge in [-0.2, -0.15) is 0 Å². The van der Waals surface area contributed by atoms with Crippen molar-refractivity contribution in [2.24, 2.45) is 0 Å². The summed E-state index contributed by atoms with van der Waals surface area (Å²) in [5.74, 6) is 0.593. The second kappa shape index (κ2) is 5.05. The number of hydrogen-bond acceptors (Lipinski definition) is 6. The molecule has 0 fully saturated rings. The molecular weight excluding hydrogens is 244 g/mol. The third-order valence-electron chi connectivity index (χ3n) is 2.41. The molecule has 0 amide bonds. The highest BCUT2D eigenvalue weighted by Crippen LogP contribution is 2.30. The van der Waals surface area contributed by atoms with Gasteiger partial charge in [0.1, 0.15) is 5.25 Å². The van der Waals surface area contributed by atoms with Crippen LogP contribution >= 0.6 is 23.5 Å². The number of carbonyl (C=O) groups is 1. The second-order valence-electron chi connectivity index (χ2n) is 3.36. The van der Waals surface area contributed by atoms with Crippen molar-refractivity contribution in [3.05, 3.63) is 17.5 Å². The number of carbonyl (C=O) groups excluding carboxylic acids is 1. The van der Waals surface area contributed by atoms with Crippen LogP contribution in [0.4, 0.5) is 0 Å². The minimum atomic E-state index is -0.162. The molecule has 1 aliphatic heterocycles. The van der Waals surface area contributed by atoms with Gasteiger partial charge in [0, 0.05) is 11.9 Å². The lowest BCUT2D eigenvalue weighted by atomic mass is 10.1. The number of ether oxygens (including phenoxy) is 1. The monoisotopic (exact) mass is 256 g/mol. The van der Waals surface area contributed by atoms with Gasteiger partial charge in [-0.05, 0) is 18.2 Å². The molecule has 1 aromatic rings. The van der Waals surface area contributed by atoms with E-state index in [0.29, 0.717) is 6.42 Å². The minimum Gasteiger partial charge on any atom is -0.468 e. The molecule has 2 heterocycles. The summed E-state index contributed by atoms with van der Waals surface area (Å²) in [4.78, 5) is 20.1. The van der Waals surface area contributed by atoms with Crippen molar-refractivity contribution >= 4 is 29.5 Å². The van der Waals surface area contributed by atoms with Gasteiger partial charge in [0.25, 0.3) is 0 Å². The predicted octanol–water partition coefficient (Wildman–Crippen LogP) is 1.53. The molecule has 2 rings (SSSR count).